The number of fused-ring (bicyclic) bond motifs is 1. The number of methoxy groups -OCH3 is 1. The smallest absolute Gasteiger partial charge is 0.282 e. The van der Waals surface area contributed by atoms with E-state index in [1.165, 1.54) is 8.61 Å². The summed E-state index contributed by atoms with van der Waals surface area (Å²) in [7, 11) is -0.607. The lowest BCUT2D eigenvalue weighted by Crippen LogP contribution is -2.49. The van der Waals surface area contributed by atoms with Crippen molar-refractivity contribution < 1.29 is 13.2 Å². The Morgan fingerprint density at radius 2 is 2.03 bits per heavy atom. The highest BCUT2D eigenvalue weighted by Gasteiger charge is 2.35. The molecule has 0 radical (unpaired) electrons. The van der Waals surface area contributed by atoms with Crippen molar-refractivity contribution in [3.63, 3.8) is 0 Å². The molecule has 0 aromatic heterocycles. The van der Waals surface area contributed by atoms with E-state index in [0.29, 0.717) is 25.1 Å². The summed E-state index contributed by atoms with van der Waals surface area (Å²) in [4.78, 5) is 0. The SMILES string of the molecule is COCCN(C)S(=O)(=O)N1Cc2cc(C#N)ccc2NC[C@H]1Cc1ccccc1. The van der Waals surface area contributed by atoms with Crippen molar-refractivity contribution in [2.24, 2.45) is 0 Å². The number of hydrogen-bond acceptors (Lipinski definition) is 5. The van der Waals surface area contributed by atoms with Gasteiger partial charge in [-0.25, -0.2) is 0 Å². The lowest BCUT2D eigenvalue weighted by Gasteiger charge is -2.32. The Bertz CT molecular complexity index is 973. The fraction of sp³-hybridized carbons (Fsp3) is 0.381. The molecule has 0 aliphatic carbocycles. The van der Waals surface area contributed by atoms with Gasteiger partial charge >= 0.3 is 0 Å². The van der Waals surface area contributed by atoms with Gasteiger partial charge in [-0.15, -0.1) is 0 Å². The second-order valence-electron chi connectivity index (χ2n) is 7.08. The number of likely N-dealkylation sites (N-methyl/N-ethyl adjacent to an activating group) is 1. The molecule has 0 unspecified atom stereocenters. The molecule has 0 amide bonds. The molecule has 0 spiro atoms. The van der Waals surface area contributed by atoms with E-state index in [1.54, 1.807) is 26.3 Å². The molecule has 7 nitrogen and oxygen atoms in total. The van der Waals surface area contributed by atoms with Crippen LogP contribution in [0, 0.1) is 11.3 Å². The van der Waals surface area contributed by atoms with Gasteiger partial charge < -0.3 is 10.1 Å². The molecule has 29 heavy (non-hydrogen) atoms. The van der Waals surface area contributed by atoms with E-state index in [0.717, 1.165) is 16.8 Å². The van der Waals surface area contributed by atoms with Gasteiger partial charge in [-0.3, -0.25) is 0 Å². The lowest BCUT2D eigenvalue weighted by molar-refractivity contribution is 0.180. The molecule has 2 aromatic carbocycles. The molecule has 3 rings (SSSR count). The van der Waals surface area contributed by atoms with Gasteiger partial charge in [0.15, 0.2) is 0 Å². The summed E-state index contributed by atoms with van der Waals surface area (Å²) in [5.41, 5.74) is 3.24. The molecule has 0 bridgehead atoms. The summed E-state index contributed by atoms with van der Waals surface area (Å²) in [6.45, 7) is 1.27. The van der Waals surface area contributed by atoms with Crippen LogP contribution in [0.15, 0.2) is 48.5 Å². The van der Waals surface area contributed by atoms with Crippen molar-refractivity contribution in [3.05, 3.63) is 65.2 Å². The molecule has 1 N–H and O–H groups in total. The van der Waals surface area contributed by atoms with Crippen LogP contribution in [-0.2, 0) is 27.9 Å². The zero-order valence-corrected chi connectivity index (χ0v) is 17.5. The van der Waals surface area contributed by atoms with Crippen LogP contribution in [0.1, 0.15) is 16.7 Å². The predicted molar refractivity (Wildman–Crippen MR) is 113 cm³/mol. The molecule has 1 aliphatic rings. The minimum absolute atomic E-state index is 0.203. The average molecular weight is 415 g/mol. The van der Waals surface area contributed by atoms with Gasteiger partial charge in [0, 0.05) is 45.5 Å². The number of anilines is 1. The monoisotopic (exact) mass is 414 g/mol. The number of nitrogens with zero attached hydrogens (tertiary/aromatic N) is 3. The highest BCUT2D eigenvalue weighted by atomic mass is 32.2. The van der Waals surface area contributed by atoms with Gasteiger partial charge in [0.05, 0.1) is 18.2 Å². The molecule has 8 heteroatoms. The van der Waals surface area contributed by atoms with Crippen molar-refractivity contribution >= 4 is 15.9 Å². The fourth-order valence-electron chi connectivity index (χ4n) is 3.44. The van der Waals surface area contributed by atoms with Crippen LogP contribution in [0.4, 0.5) is 5.69 Å². The summed E-state index contributed by atoms with van der Waals surface area (Å²) in [5, 5.41) is 12.6. The van der Waals surface area contributed by atoms with Crippen LogP contribution in [0.5, 0.6) is 0 Å². The molecule has 1 aliphatic heterocycles. The molecular formula is C21H26N4O3S. The summed E-state index contributed by atoms with van der Waals surface area (Å²) < 4.78 is 34.7. The first kappa shape index (κ1) is 21.3. The Morgan fingerprint density at radius 3 is 2.72 bits per heavy atom. The first-order valence-electron chi connectivity index (χ1n) is 9.48. The summed E-state index contributed by atoms with van der Waals surface area (Å²) in [5.74, 6) is 0. The second-order valence-corrected chi connectivity index (χ2v) is 9.06. The van der Waals surface area contributed by atoms with Gasteiger partial charge in [0.2, 0.25) is 0 Å². The predicted octanol–water partition coefficient (Wildman–Crippen LogP) is 2.22. The molecular weight excluding hydrogens is 388 g/mol. The number of ether oxygens (including phenoxy) is 1. The summed E-state index contributed by atoms with van der Waals surface area (Å²) in [6.07, 6.45) is 0.588. The first-order valence-corrected chi connectivity index (χ1v) is 10.9. The van der Waals surface area contributed by atoms with Crippen LogP contribution in [0.2, 0.25) is 0 Å². The molecule has 0 saturated carbocycles. The average Bonchev–Trinajstić information content (AvgIpc) is 2.92. The van der Waals surface area contributed by atoms with E-state index in [9.17, 15) is 13.7 Å². The fourth-order valence-corrected chi connectivity index (χ4v) is 4.93. The third kappa shape index (κ3) is 4.95. The Kier molecular flexibility index (Phi) is 6.87. The second kappa shape index (κ2) is 9.37. The van der Waals surface area contributed by atoms with Gasteiger partial charge in [-0.1, -0.05) is 30.3 Å². The van der Waals surface area contributed by atoms with E-state index < -0.39 is 10.2 Å². The Morgan fingerprint density at radius 1 is 1.28 bits per heavy atom. The highest BCUT2D eigenvalue weighted by Crippen LogP contribution is 2.28. The quantitative estimate of drug-likeness (QED) is 0.751. The molecule has 0 fully saturated rings. The minimum atomic E-state index is -3.73. The lowest BCUT2D eigenvalue weighted by atomic mass is 10.1. The van der Waals surface area contributed by atoms with Crippen molar-refractivity contribution in [2.75, 3.05) is 39.2 Å². The number of nitrogens with one attached hydrogen (secondary N) is 1. The van der Waals surface area contributed by atoms with Crippen LogP contribution in [-0.4, -0.2) is 56.9 Å². The standard InChI is InChI=1S/C21H26N4O3S/c1-24(10-11-28-2)29(26,27)25-16-19-12-18(14-22)8-9-21(19)23-15-20(25)13-17-6-4-3-5-7-17/h3-9,12,20,23H,10-11,13,15-16H2,1-2H3/t20-/m1/s1. The third-order valence-electron chi connectivity index (χ3n) is 5.11. The van der Waals surface area contributed by atoms with Gasteiger partial charge in [-0.05, 0) is 35.7 Å². The molecule has 1 heterocycles. The molecule has 2 aromatic rings. The van der Waals surface area contributed by atoms with Crippen molar-refractivity contribution in [3.8, 4) is 6.07 Å². The zero-order chi connectivity index (χ0) is 20.9. The Hall–Kier alpha value is -2.44. The third-order valence-corrected chi connectivity index (χ3v) is 7.10. The summed E-state index contributed by atoms with van der Waals surface area (Å²) >= 11 is 0. The summed E-state index contributed by atoms with van der Waals surface area (Å²) in [6, 6.07) is 17.1. The van der Waals surface area contributed by atoms with Gasteiger partial charge in [0.25, 0.3) is 10.2 Å². The van der Waals surface area contributed by atoms with Crippen LogP contribution in [0.25, 0.3) is 0 Å². The minimum Gasteiger partial charge on any atom is -0.383 e. The molecule has 1 atom stereocenters. The van der Waals surface area contributed by atoms with E-state index in [4.69, 9.17) is 4.74 Å². The Balaban J connectivity index is 1.97. The van der Waals surface area contributed by atoms with Crippen molar-refractivity contribution in [1.82, 2.24) is 8.61 Å². The topological polar surface area (TPSA) is 85.7 Å². The maximum Gasteiger partial charge on any atom is 0.282 e. The Labute approximate surface area is 172 Å². The van der Waals surface area contributed by atoms with Gasteiger partial charge in [-0.2, -0.15) is 22.3 Å². The first-order chi connectivity index (χ1) is 14.0. The van der Waals surface area contributed by atoms with Crippen LogP contribution in [0.3, 0.4) is 0 Å². The van der Waals surface area contributed by atoms with E-state index in [-0.39, 0.29) is 19.1 Å². The van der Waals surface area contributed by atoms with Gasteiger partial charge in [0.1, 0.15) is 0 Å². The normalized spacial score (nSPS) is 17.2. The number of rotatable bonds is 7. The van der Waals surface area contributed by atoms with E-state index in [2.05, 4.69) is 11.4 Å². The number of nitriles is 1. The van der Waals surface area contributed by atoms with Crippen molar-refractivity contribution in [1.29, 1.82) is 5.26 Å². The van der Waals surface area contributed by atoms with Crippen molar-refractivity contribution in [2.45, 2.75) is 19.0 Å². The van der Waals surface area contributed by atoms with E-state index >= 15 is 0 Å². The number of hydrogen-bond donors (Lipinski definition) is 1. The zero-order valence-electron chi connectivity index (χ0n) is 16.7. The van der Waals surface area contributed by atoms with Crippen LogP contribution >= 0.6 is 0 Å². The molecule has 0 saturated heterocycles. The van der Waals surface area contributed by atoms with E-state index in [1.807, 2.05) is 36.4 Å². The maximum atomic E-state index is 13.4. The highest BCUT2D eigenvalue weighted by molar-refractivity contribution is 7.86. The molecule has 154 valence electrons. The number of benzene rings is 2. The largest absolute Gasteiger partial charge is 0.383 e. The van der Waals surface area contributed by atoms with Crippen LogP contribution < -0.4 is 5.32 Å². The maximum absolute atomic E-state index is 13.4.